The van der Waals surface area contributed by atoms with Gasteiger partial charge in [-0.3, -0.25) is 4.79 Å². The number of halogens is 1. The lowest BCUT2D eigenvalue weighted by atomic mass is 9.96. The van der Waals surface area contributed by atoms with E-state index in [0.717, 1.165) is 6.42 Å². The Morgan fingerprint density at radius 2 is 2.00 bits per heavy atom. The maximum Gasteiger partial charge on any atom is 0.407 e. The summed E-state index contributed by atoms with van der Waals surface area (Å²) >= 11 is 3.10. The van der Waals surface area contributed by atoms with Crippen molar-refractivity contribution in [3.05, 3.63) is 0 Å². The topological polar surface area (TPSA) is 55.4 Å². The van der Waals surface area contributed by atoms with Crippen molar-refractivity contribution in [2.75, 3.05) is 11.9 Å². The molecule has 0 fully saturated rings. The number of alkyl halides is 1. The lowest BCUT2D eigenvalue weighted by molar-refractivity contribution is -0.119. The molecule has 0 aromatic rings. The van der Waals surface area contributed by atoms with Gasteiger partial charge in [0, 0.05) is 0 Å². The number of Topliss-reactive ketones (excluding diaryl/α,β-unsaturated/α-hetero) is 1. The number of ether oxygens (including phenoxy) is 1. The quantitative estimate of drug-likeness (QED) is 0.758. The molecule has 88 valence electrons. The van der Waals surface area contributed by atoms with Gasteiger partial charge in [-0.15, -0.1) is 0 Å². The zero-order valence-electron chi connectivity index (χ0n) is 9.38. The predicted molar refractivity (Wildman–Crippen MR) is 62.2 cm³/mol. The van der Waals surface area contributed by atoms with Gasteiger partial charge in [-0.25, -0.2) is 4.79 Å². The Labute approximate surface area is 98.9 Å². The molecule has 15 heavy (non-hydrogen) atoms. The van der Waals surface area contributed by atoms with Crippen molar-refractivity contribution in [1.82, 2.24) is 5.32 Å². The van der Waals surface area contributed by atoms with E-state index in [1.54, 1.807) is 6.92 Å². The Morgan fingerprint density at radius 3 is 2.40 bits per heavy atom. The van der Waals surface area contributed by atoms with Crippen molar-refractivity contribution >= 4 is 27.8 Å². The van der Waals surface area contributed by atoms with Crippen LogP contribution in [0.4, 0.5) is 4.79 Å². The number of alkyl carbamates (subject to hydrolysis) is 1. The molecule has 5 heteroatoms. The molecule has 0 radical (unpaired) electrons. The highest BCUT2D eigenvalue weighted by atomic mass is 79.9. The van der Waals surface area contributed by atoms with Crippen LogP contribution in [0.1, 0.15) is 27.2 Å². The fourth-order valence-corrected chi connectivity index (χ4v) is 1.51. The van der Waals surface area contributed by atoms with Crippen LogP contribution in [0.3, 0.4) is 0 Å². The van der Waals surface area contributed by atoms with Gasteiger partial charge in [-0.2, -0.15) is 0 Å². The lowest BCUT2D eigenvalue weighted by Crippen LogP contribution is -2.45. The van der Waals surface area contributed by atoms with Gasteiger partial charge >= 0.3 is 6.09 Å². The molecule has 2 unspecified atom stereocenters. The van der Waals surface area contributed by atoms with E-state index >= 15 is 0 Å². The molecule has 0 rings (SSSR count). The number of amides is 1. The average Bonchev–Trinajstić information content (AvgIpc) is 2.24. The van der Waals surface area contributed by atoms with Crippen LogP contribution in [0.25, 0.3) is 0 Å². The van der Waals surface area contributed by atoms with E-state index in [1.807, 2.05) is 13.8 Å². The number of hydrogen-bond donors (Lipinski definition) is 1. The molecule has 0 heterocycles. The summed E-state index contributed by atoms with van der Waals surface area (Å²) < 4.78 is 4.74. The second-order valence-corrected chi connectivity index (χ2v) is 3.89. The highest BCUT2D eigenvalue weighted by molar-refractivity contribution is 9.09. The summed E-state index contributed by atoms with van der Waals surface area (Å²) in [6, 6.07) is -0.464. The zero-order valence-corrected chi connectivity index (χ0v) is 11.0. The maximum absolute atomic E-state index is 11.5. The number of carbonyl (C=O) groups is 2. The molecule has 0 bridgehead atoms. The molecule has 0 saturated heterocycles. The van der Waals surface area contributed by atoms with Gasteiger partial charge in [0.05, 0.1) is 18.0 Å². The third kappa shape index (κ3) is 5.16. The van der Waals surface area contributed by atoms with Crippen LogP contribution in [0.5, 0.6) is 0 Å². The number of rotatable bonds is 6. The highest BCUT2D eigenvalue weighted by Crippen LogP contribution is 2.10. The summed E-state index contributed by atoms with van der Waals surface area (Å²) in [5, 5.41) is 2.82. The molecule has 0 aromatic heterocycles. The van der Waals surface area contributed by atoms with Crippen LogP contribution >= 0.6 is 15.9 Å². The first kappa shape index (κ1) is 14.4. The van der Waals surface area contributed by atoms with Gasteiger partial charge in [-0.05, 0) is 12.8 Å². The Hall–Kier alpha value is -0.580. The van der Waals surface area contributed by atoms with Crippen molar-refractivity contribution in [3.8, 4) is 0 Å². The van der Waals surface area contributed by atoms with Gasteiger partial charge in [0.2, 0.25) is 0 Å². The predicted octanol–water partition coefficient (Wildman–Crippen LogP) is 2.11. The first-order chi connectivity index (χ1) is 7.06. The van der Waals surface area contributed by atoms with Crippen LogP contribution in [0, 0.1) is 5.92 Å². The number of nitrogens with one attached hydrogen (secondary N) is 1. The third-order valence-electron chi connectivity index (χ3n) is 2.24. The Bertz CT molecular complexity index is 221. The summed E-state index contributed by atoms with van der Waals surface area (Å²) in [6.07, 6.45) is 0.299. The Kier molecular flexibility index (Phi) is 7.38. The maximum atomic E-state index is 11.5. The molecular formula is C10H18BrNO3. The van der Waals surface area contributed by atoms with Gasteiger partial charge in [0.15, 0.2) is 5.78 Å². The summed E-state index contributed by atoms with van der Waals surface area (Å²) in [7, 11) is 0. The van der Waals surface area contributed by atoms with Crippen molar-refractivity contribution < 1.29 is 14.3 Å². The fourth-order valence-electron chi connectivity index (χ4n) is 1.16. The van der Waals surface area contributed by atoms with Crippen LogP contribution in [-0.2, 0) is 9.53 Å². The van der Waals surface area contributed by atoms with Crippen molar-refractivity contribution in [2.45, 2.75) is 33.2 Å². The van der Waals surface area contributed by atoms with E-state index in [0.29, 0.717) is 6.61 Å². The van der Waals surface area contributed by atoms with Crippen LogP contribution in [0.2, 0.25) is 0 Å². The molecule has 0 aliphatic rings. The molecule has 0 spiro atoms. The van der Waals surface area contributed by atoms with Gasteiger partial charge in [0.25, 0.3) is 0 Å². The summed E-state index contributed by atoms with van der Waals surface area (Å²) in [5.74, 6) is 0.0804. The fraction of sp³-hybridized carbons (Fsp3) is 0.800. The first-order valence-corrected chi connectivity index (χ1v) is 6.20. The first-order valence-electron chi connectivity index (χ1n) is 5.08. The van der Waals surface area contributed by atoms with Crippen molar-refractivity contribution in [1.29, 1.82) is 0 Å². The number of ketones is 1. The second kappa shape index (κ2) is 7.68. The van der Waals surface area contributed by atoms with Crippen LogP contribution in [-0.4, -0.2) is 29.9 Å². The van der Waals surface area contributed by atoms with Gasteiger partial charge in [0.1, 0.15) is 0 Å². The molecular weight excluding hydrogens is 262 g/mol. The lowest BCUT2D eigenvalue weighted by Gasteiger charge is -2.21. The normalized spacial score (nSPS) is 14.1. The smallest absolute Gasteiger partial charge is 0.407 e. The van der Waals surface area contributed by atoms with Crippen LogP contribution < -0.4 is 5.32 Å². The number of hydrogen-bond acceptors (Lipinski definition) is 3. The minimum absolute atomic E-state index is 0.0302. The SMILES string of the molecule is CCOC(=O)NC(C(=O)CBr)C(C)CC. The molecule has 0 aromatic carbocycles. The summed E-state index contributed by atoms with van der Waals surface area (Å²) in [4.78, 5) is 22.7. The third-order valence-corrected chi connectivity index (χ3v) is 2.79. The van der Waals surface area contributed by atoms with E-state index in [1.165, 1.54) is 0 Å². The number of carbonyl (C=O) groups excluding carboxylic acids is 2. The van der Waals surface area contributed by atoms with Crippen LogP contribution in [0.15, 0.2) is 0 Å². The largest absolute Gasteiger partial charge is 0.450 e. The molecule has 2 atom stereocenters. The van der Waals surface area contributed by atoms with E-state index in [-0.39, 0.29) is 17.0 Å². The van der Waals surface area contributed by atoms with E-state index < -0.39 is 12.1 Å². The van der Waals surface area contributed by atoms with Gasteiger partial charge in [-0.1, -0.05) is 36.2 Å². The average molecular weight is 280 g/mol. The molecule has 0 aliphatic heterocycles. The zero-order chi connectivity index (χ0) is 11.8. The van der Waals surface area contributed by atoms with Crippen molar-refractivity contribution in [3.63, 3.8) is 0 Å². The monoisotopic (exact) mass is 279 g/mol. The standard InChI is InChI=1S/C10H18BrNO3/c1-4-7(3)9(8(13)6-11)12-10(14)15-5-2/h7,9H,4-6H2,1-3H3,(H,12,14). The Morgan fingerprint density at radius 1 is 1.40 bits per heavy atom. The van der Waals surface area contributed by atoms with Gasteiger partial charge < -0.3 is 10.1 Å². The van der Waals surface area contributed by atoms with E-state index in [4.69, 9.17) is 4.74 Å². The molecule has 0 aliphatic carbocycles. The Balaban J connectivity index is 4.37. The molecule has 4 nitrogen and oxygen atoms in total. The second-order valence-electron chi connectivity index (χ2n) is 3.33. The van der Waals surface area contributed by atoms with Crippen molar-refractivity contribution in [2.24, 2.45) is 5.92 Å². The minimum atomic E-state index is -0.530. The molecule has 1 N–H and O–H groups in total. The van der Waals surface area contributed by atoms with E-state index in [2.05, 4.69) is 21.2 Å². The summed E-state index contributed by atoms with van der Waals surface area (Å²) in [6.45, 7) is 5.94. The molecule has 0 saturated carbocycles. The van der Waals surface area contributed by atoms with E-state index in [9.17, 15) is 9.59 Å². The highest BCUT2D eigenvalue weighted by Gasteiger charge is 2.25. The summed E-state index contributed by atoms with van der Waals surface area (Å²) in [5.41, 5.74) is 0. The molecule has 1 amide bonds. The minimum Gasteiger partial charge on any atom is -0.450 e.